The van der Waals surface area contributed by atoms with Gasteiger partial charge in [0, 0.05) is 18.7 Å². The van der Waals surface area contributed by atoms with E-state index >= 15 is 0 Å². The number of methoxy groups -OCH3 is 2. The number of rotatable bonds is 6. The van der Waals surface area contributed by atoms with Crippen molar-refractivity contribution in [1.82, 2.24) is 5.32 Å². The van der Waals surface area contributed by atoms with E-state index < -0.39 is 0 Å². The van der Waals surface area contributed by atoms with Gasteiger partial charge in [0.2, 0.25) is 0 Å². The lowest BCUT2D eigenvalue weighted by atomic mass is 9.99. The Kier molecular flexibility index (Phi) is 5.83. The first-order valence-corrected chi connectivity index (χ1v) is 6.42. The SMILES string of the molecule is COC(=O)CCNCc1c(C)cc(C)c(C)c1OC. The van der Waals surface area contributed by atoms with E-state index in [2.05, 4.69) is 36.9 Å². The highest BCUT2D eigenvalue weighted by Gasteiger charge is 2.12. The third kappa shape index (κ3) is 3.96. The van der Waals surface area contributed by atoms with Crippen LogP contribution in [0.25, 0.3) is 0 Å². The number of hydrogen-bond donors (Lipinski definition) is 1. The summed E-state index contributed by atoms with van der Waals surface area (Å²) < 4.78 is 10.1. The zero-order chi connectivity index (χ0) is 14.4. The van der Waals surface area contributed by atoms with Crippen molar-refractivity contribution in [2.45, 2.75) is 33.7 Å². The Balaban J connectivity index is 2.73. The average Bonchev–Trinajstić information content (AvgIpc) is 2.39. The molecule has 0 radical (unpaired) electrons. The Bertz CT molecular complexity index is 455. The maximum absolute atomic E-state index is 11.0. The molecule has 1 aromatic carbocycles. The van der Waals surface area contributed by atoms with E-state index in [1.165, 1.54) is 18.2 Å². The normalized spacial score (nSPS) is 10.4. The average molecular weight is 265 g/mol. The van der Waals surface area contributed by atoms with E-state index in [4.69, 9.17) is 4.74 Å². The minimum absolute atomic E-state index is 0.198. The van der Waals surface area contributed by atoms with Crippen molar-refractivity contribution in [3.8, 4) is 5.75 Å². The van der Waals surface area contributed by atoms with Crippen LogP contribution in [0.5, 0.6) is 5.75 Å². The molecular weight excluding hydrogens is 242 g/mol. The number of esters is 1. The summed E-state index contributed by atoms with van der Waals surface area (Å²) in [7, 11) is 3.10. The molecule has 0 saturated heterocycles. The van der Waals surface area contributed by atoms with Crippen LogP contribution >= 0.6 is 0 Å². The first-order valence-electron chi connectivity index (χ1n) is 6.42. The largest absolute Gasteiger partial charge is 0.496 e. The smallest absolute Gasteiger partial charge is 0.306 e. The van der Waals surface area contributed by atoms with Crippen LogP contribution < -0.4 is 10.1 Å². The summed E-state index contributed by atoms with van der Waals surface area (Å²) in [6.07, 6.45) is 0.378. The maximum atomic E-state index is 11.0. The molecule has 19 heavy (non-hydrogen) atoms. The van der Waals surface area contributed by atoms with Gasteiger partial charge in [-0.3, -0.25) is 4.79 Å². The van der Waals surface area contributed by atoms with Gasteiger partial charge in [0.25, 0.3) is 0 Å². The van der Waals surface area contributed by atoms with E-state index in [0.717, 1.165) is 16.9 Å². The van der Waals surface area contributed by atoms with Gasteiger partial charge in [-0.15, -0.1) is 0 Å². The summed E-state index contributed by atoms with van der Waals surface area (Å²) in [5.74, 6) is 0.736. The Labute approximate surface area is 115 Å². The molecule has 0 aliphatic rings. The molecule has 0 bridgehead atoms. The van der Waals surface area contributed by atoms with Crippen LogP contribution in [0, 0.1) is 20.8 Å². The van der Waals surface area contributed by atoms with Gasteiger partial charge in [0.05, 0.1) is 20.6 Å². The summed E-state index contributed by atoms with van der Waals surface area (Å²) in [5, 5.41) is 3.25. The van der Waals surface area contributed by atoms with Crippen LogP contribution in [-0.4, -0.2) is 26.7 Å². The van der Waals surface area contributed by atoms with Gasteiger partial charge in [0.1, 0.15) is 5.75 Å². The second-order valence-electron chi connectivity index (χ2n) is 4.65. The third-order valence-electron chi connectivity index (χ3n) is 3.35. The van der Waals surface area contributed by atoms with Crippen molar-refractivity contribution in [1.29, 1.82) is 0 Å². The molecule has 0 aliphatic heterocycles. The molecule has 0 saturated carbocycles. The van der Waals surface area contributed by atoms with E-state index in [-0.39, 0.29) is 5.97 Å². The van der Waals surface area contributed by atoms with Gasteiger partial charge >= 0.3 is 5.97 Å². The lowest BCUT2D eigenvalue weighted by Gasteiger charge is -2.17. The molecule has 1 aromatic rings. The summed E-state index contributed by atoms with van der Waals surface area (Å²) >= 11 is 0. The first-order chi connectivity index (χ1) is 9.01. The van der Waals surface area contributed by atoms with Gasteiger partial charge in [0.15, 0.2) is 0 Å². The fourth-order valence-corrected chi connectivity index (χ4v) is 2.11. The van der Waals surface area contributed by atoms with Gasteiger partial charge in [-0.05, 0) is 37.5 Å². The molecule has 0 unspecified atom stereocenters. The summed E-state index contributed by atoms with van der Waals surface area (Å²) in [6.45, 7) is 7.51. The predicted molar refractivity (Wildman–Crippen MR) is 75.5 cm³/mol. The number of carbonyl (C=O) groups is 1. The number of aryl methyl sites for hydroxylation is 2. The molecule has 1 N–H and O–H groups in total. The van der Waals surface area contributed by atoms with Crippen LogP contribution in [-0.2, 0) is 16.1 Å². The highest BCUT2D eigenvalue weighted by molar-refractivity contribution is 5.69. The molecule has 4 heteroatoms. The molecule has 0 spiro atoms. The van der Waals surface area contributed by atoms with Gasteiger partial charge in [-0.25, -0.2) is 0 Å². The van der Waals surface area contributed by atoms with Gasteiger partial charge < -0.3 is 14.8 Å². The molecule has 0 aliphatic carbocycles. The molecule has 0 heterocycles. The second kappa shape index (κ2) is 7.14. The highest BCUT2D eigenvalue weighted by atomic mass is 16.5. The number of ether oxygens (including phenoxy) is 2. The van der Waals surface area contributed by atoms with Gasteiger partial charge in [-0.1, -0.05) is 6.07 Å². The quantitative estimate of drug-likeness (QED) is 0.633. The van der Waals surface area contributed by atoms with Crippen molar-refractivity contribution in [2.24, 2.45) is 0 Å². The molecule has 0 fully saturated rings. The molecular formula is C15H23NO3. The van der Waals surface area contributed by atoms with Crippen molar-refractivity contribution < 1.29 is 14.3 Å². The van der Waals surface area contributed by atoms with E-state index in [9.17, 15) is 4.79 Å². The molecule has 1 rings (SSSR count). The molecule has 0 aromatic heterocycles. The van der Waals surface area contributed by atoms with E-state index in [0.29, 0.717) is 19.5 Å². The zero-order valence-corrected chi connectivity index (χ0v) is 12.4. The fraction of sp³-hybridized carbons (Fsp3) is 0.533. The third-order valence-corrected chi connectivity index (χ3v) is 3.35. The van der Waals surface area contributed by atoms with Gasteiger partial charge in [-0.2, -0.15) is 0 Å². The molecule has 106 valence electrons. The van der Waals surface area contributed by atoms with Crippen LogP contribution in [0.1, 0.15) is 28.7 Å². The molecule has 0 amide bonds. The first kappa shape index (κ1) is 15.5. The van der Waals surface area contributed by atoms with Crippen LogP contribution in [0.15, 0.2) is 6.07 Å². The Morgan fingerprint density at radius 2 is 1.89 bits per heavy atom. The Hall–Kier alpha value is -1.55. The van der Waals surface area contributed by atoms with Crippen molar-refractivity contribution in [3.63, 3.8) is 0 Å². The Morgan fingerprint density at radius 1 is 1.21 bits per heavy atom. The monoisotopic (exact) mass is 265 g/mol. The zero-order valence-electron chi connectivity index (χ0n) is 12.4. The second-order valence-corrected chi connectivity index (χ2v) is 4.65. The minimum Gasteiger partial charge on any atom is -0.496 e. The van der Waals surface area contributed by atoms with Crippen molar-refractivity contribution in [2.75, 3.05) is 20.8 Å². The predicted octanol–water partition coefficient (Wildman–Crippen LogP) is 2.27. The fourth-order valence-electron chi connectivity index (χ4n) is 2.11. The Morgan fingerprint density at radius 3 is 2.47 bits per heavy atom. The number of carbonyl (C=O) groups excluding carboxylic acids is 1. The van der Waals surface area contributed by atoms with Crippen LogP contribution in [0.3, 0.4) is 0 Å². The standard InChI is InChI=1S/C15H23NO3/c1-10-8-11(2)13(15(19-5)12(10)3)9-16-7-6-14(17)18-4/h8,16H,6-7,9H2,1-5H3. The topological polar surface area (TPSA) is 47.6 Å². The maximum Gasteiger partial charge on any atom is 0.306 e. The van der Waals surface area contributed by atoms with E-state index in [1.807, 2.05) is 0 Å². The number of benzene rings is 1. The summed E-state index contributed by atoms with van der Waals surface area (Å²) in [5.41, 5.74) is 4.74. The lowest BCUT2D eigenvalue weighted by molar-refractivity contribution is -0.140. The molecule has 0 atom stereocenters. The number of hydrogen-bond acceptors (Lipinski definition) is 4. The molecule has 4 nitrogen and oxygen atoms in total. The summed E-state index contributed by atoms with van der Waals surface area (Å²) in [6, 6.07) is 2.16. The summed E-state index contributed by atoms with van der Waals surface area (Å²) in [4.78, 5) is 11.0. The lowest BCUT2D eigenvalue weighted by Crippen LogP contribution is -2.19. The van der Waals surface area contributed by atoms with Crippen molar-refractivity contribution >= 4 is 5.97 Å². The van der Waals surface area contributed by atoms with Crippen LogP contribution in [0.2, 0.25) is 0 Å². The van der Waals surface area contributed by atoms with E-state index in [1.54, 1.807) is 7.11 Å². The van der Waals surface area contributed by atoms with Crippen molar-refractivity contribution in [3.05, 3.63) is 28.3 Å². The highest BCUT2D eigenvalue weighted by Crippen LogP contribution is 2.29. The minimum atomic E-state index is -0.198. The van der Waals surface area contributed by atoms with Crippen LogP contribution in [0.4, 0.5) is 0 Å². The number of nitrogens with one attached hydrogen (secondary N) is 1.